The van der Waals surface area contributed by atoms with E-state index in [1.54, 1.807) is 0 Å². The van der Waals surface area contributed by atoms with E-state index in [-0.39, 0.29) is 0 Å². The molecule has 1 heterocycles. The van der Waals surface area contributed by atoms with Gasteiger partial charge in [0.2, 0.25) is 0 Å². The Hall–Kier alpha value is 0.440. The monoisotopic (exact) mass is 206 g/mol. The first-order valence-corrected chi connectivity index (χ1v) is 5.29. The number of halogens is 1. The molecule has 0 atom stereocenters. The van der Waals surface area contributed by atoms with E-state index in [2.05, 4.69) is 0 Å². The molecule has 7 heteroatoms. The third-order valence-corrected chi connectivity index (χ3v) is 1.65. The number of thioether (sulfide) groups is 1. The molecule has 0 radical (unpaired) electrons. The van der Waals surface area contributed by atoms with E-state index in [4.69, 9.17) is 23.4 Å². The summed E-state index contributed by atoms with van der Waals surface area (Å²) < 4.78 is 35.3. The molecule has 1 aliphatic rings. The van der Waals surface area contributed by atoms with Crippen molar-refractivity contribution in [2.45, 2.75) is 0 Å². The molecule has 0 aromatic heterocycles. The Bertz CT molecular complexity index is 73.5. The topological polar surface area (TPSA) is 93.0 Å². The van der Waals surface area contributed by atoms with Gasteiger partial charge in [-0.15, -0.1) is 0 Å². The fourth-order valence-corrected chi connectivity index (χ4v) is 1.12. The Balaban J connectivity index is 0.000000187. The standard InChI is InChI=1S/C4H8OS.ClH3O4/c1-3-6-4-2-5-1;2-1(3,4)5/h1-4H2;2-4H. The number of ether oxygens (including phenoxy) is 1. The molecule has 0 amide bonds. The zero-order valence-electron chi connectivity index (χ0n) is 5.77. The van der Waals surface area contributed by atoms with Gasteiger partial charge in [-0.1, -0.05) is 0 Å². The predicted octanol–water partition coefficient (Wildman–Crippen LogP) is -2.11. The van der Waals surface area contributed by atoms with Crippen LogP contribution in [0.5, 0.6) is 0 Å². The zero-order chi connectivity index (χ0) is 8.74. The summed E-state index contributed by atoms with van der Waals surface area (Å²) in [5.41, 5.74) is 0. The summed E-state index contributed by atoms with van der Waals surface area (Å²) in [5, 5.41) is 0. The van der Waals surface area contributed by atoms with Crippen molar-refractivity contribution in [3.63, 3.8) is 0 Å². The molecule has 0 bridgehead atoms. The maximum absolute atomic E-state index is 8.83. The normalized spacial score (nSPS) is 20.0. The Morgan fingerprint density at radius 2 is 1.55 bits per heavy atom. The molecule has 0 aliphatic carbocycles. The Kier molecular flexibility index (Phi) is 6.25. The van der Waals surface area contributed by atoms with Crippen LogP contribution < -0.4 is 4.66 Å². The van der Waals surface area contributed by atoms with Gasteiger partial charge in [0.25, 0.3) is 0 Å². The van der Waals surface area contributed by atoms with Crippen molar-refractivity contribution in [1.82, 2.24) is 0 Å². The molecule has 5 nitrogen and oxygen atoms in total. The van der Waals surface area contributed by atoms with Crippen LogP contribution in [0.15, 0.2) is 0 Å². The first-order valence-electron chi connectivity index (χ1n) is 2.82. The molecule has 0 aromatic rings. The van der Waals surface area contributed by atoms with Crippen LogP contribution in [0.3, 0.4) is 0 Å². The number of hydrogen-bond donors (Lipinski definition) is 3. The summed E-state index contributed by atoms with van der Waals surface area (Å²) in [7, 11) is -4.19. The maximum atomic E-state index is 8.83. The van der Waals surface area contributed by atoms with Gasteiger partial charge in [-0.05, 0) is 0 Å². The summed E-state index contributed by atoms with van der Waals surface area (Å²) in [6, 6.07) is 0. The van der Waals surface area contributed by atoms with Crippen LogP contribution in [0.4, 0.5) is 0 Å². The van der Waals surface area contributed by atoms with Gasteiger partial charge in [0.15, 0.2) is 0 Å². The van der Waals surface area contributed by atoms with E-state index in [0.29, 0.717) is 0 Å². The molecule has 0 spiro atoms. The van der Waals surface area contributed by atoms with Gasteiger partial charge < -0.3 is 4.74 Å². The van der Waals surface area contributed by atoms with Gasteiger partial charge in [-0.2, -0.15) is 11.8 Å². The van der Waals surface area contributed by atoms with Crippen molar-refractivity contribution in [2.24, 2.45) is 0 Å². The quantitative estimate of drug-likeness (QED) is 0.420. The van der Waals surface area contributed by atoms with Crippen molar-refractivity contribution >= 4 is 11.8 Å². The Morgan fingerprint density at radius 1 is 1.18 bits per heavy atom. The van der Waals surface area contributed by atoms with E-state index in [0.717, 1.165) is 13.2 Å². The molecule has 1 aliphatic heterocycles. The summed E-state index contributed by atoms with van der Waals surface area (Å²) in [5.74, 6) is 2.39. The third kappa shape index (κ3) is 17.9. The molecule has 0 saturated carbocycles. The second-order valence-corrected chi connectivity index (χ2v) is 3.75. The SMILES string of the molecule is C1CSCCO1.[O-][Cl+](O)(O)O. The van der Waals surface area contributed by atoms with Crippen LogP contribution in [-0.2, 0) is 4.74 Å². The van der Waals surface area contributed by atoms with Crippen LogP contribution in [0.25, 0.3) is 0 Å². The molecule has 0 aromatic carbocycles. The van der Waals surface area contributed by atoms with E-state index < -0.39 is 10.2 Å². The van der Waals surface area contributed by atoms with Gasteiger partial charge in [-0.25, -0.2) is 0 Å². The zero-order valence-corrected chi connectivity index (χ0v) is 7.35. The van der Waals surface area contributed by atoms with Crippen LogP contribution in [0.2, 0.25) is 0 Å². The van der Waals surface area contributed by atoms with Gasteiger partial charge in [-0.3, -0.25) is 0 Å². The average Bonchev–Trinajstić information content (AvgIpc) is 1.88. The van der Waals surface area contributed by atoms with Gasteiger partial charge in [0.1, 0.15) is 0 Å². The first-order chi connectivity index (χ1) is 5.00. The summed E-state index contributed by atoms with van der Waals surface area (Å²) in [6.07, 6.45) is 0. The van der Waals surface area contributed by atoms with E-state index in [1.807, 2.05) is 11.8 Å². The molecule has 0 unspecified atom stereocenters. The minimum absolute atomic E-state index is 0.963. The minimum atomic E-state index is -4.19. The van der Waals surface area contributed by atoms with Crippen molar-refractivity contribution in [2.75, 3.05) is 24.7 Å². The van der Waals surface area contributed by atoms with Crippen molar-refractivity contribution in [3.05, 3.63) is 0 Å². The van der Waals surface area contributed by atoms with Crippen LogP contribution in [0, 0.1) is 10.2 Å². The summed E-state index contributed by atoms with van der Waals surface area (Å²) in [6.45, 7) is 1.93. The molecule has 70 valence electrons. The Labute approximate surface area is 70.7 Å². The number of rotatable bonds is 0. The van der Waals surface area contributed by atoms with Crippen LogP contribution in [-0.4, -0.2) is 38.7 Å². The average molecular weight is 207 g/mol. The molecule has 1 rings (SSSR count). The first kappa shape index (κ1) is 11.4. The Morgan fingerprint density at radius 3 is 1.64 bits per heavy atom. The van der Waals surface area contributed by atoms with Gasteiger partial charge >= 0.3 is 28.9 Å². The second-order valence-electron chi connectivity index (χ2n) is 1.66. The number of hydrogen-bond acceptors (Lipinski definition) is 6. The molecular formula is C4H11ClO5S. The van der Waals surface area contributed by atoms with Crippen LogP contribution >= 0.6 is 11.8 Å². The van der Waals surface area contributed by atoms with E-state index >= 15 is 0 Å². The molecular weight excluding hydrogens is 196 g/mol. The van der Waals surface area contributed by atoms with Crippen molar-refractivity contribution in [1.29, 1.82) is 0 Å². The van der Waals surface area contributed by atoms with Crippen LogP contribution in [0.1, 0.15) is 0 Å². The summed E-state index contributed by atoms with van der Waals surface area (Å²) in [4.78, 5) is 0. The fourth-order valence-electron chi connectivity index (χ4n) is 0.440. The van der Waals surface area contributed by atoms with Crippen molar-refractivity contribution in [3.8, 4) is 0 Å². The third-order valence-electron chi connectivity index (χ3n) is 0.744. The molecule has 3 N–H and O–H groups in total. The van der Waals surface area contributed by atoms with Gasteiger partial charge in [0.05, 0.1) is 13.2 Å². The second kappa shape index (κ2) is 6.01. The van der Waals surface area contributed by atoms with E-state index in [1.165, 1.54) is 11.5 Å². The van der Waals surface area contributed by atoms with Crippen molar-refractivity contribution < 1.29 is 33.6 Å². The molecule has 1 saturated heterocycles. The molecule has 11 heavy (non-hydrogen) atoms. The summed E-state index contributed by atoms with van der Waals surface area (Å²) >= 11 is 1.97. The van der Waals surface area contributed by atoms with Gasteiger partial charge in [0, 0.05) is 11.5 Å². The van der Waals surface area contributed by atoms with E-state index in [9.17, 15) is 0 Å². The fraction of sp³-hybridized carbons (Fsp3) is 1.00. The molecule has 1 fully saturated rings. The predicted molar refractivity (Wildman–Crippen MR) is 34.8 cm³/mol.